The highest BCUT2D eigenvalue weighted by Crippen LogP contribution is 2.38. The Morgan fingerprint density at radius 3 is 2.05 bits per heavy atom. The van der Waals surface area contributed by atoms with Crippen LogP contribution in [0, 0.1) is 12.8 Å². The van der Waals surface area contributed by atoms with Crippen molar-refractivity contribution in [1.82, 2.24) is 19.3 Å². The number of ether oxygens (including phenoxy) is 2. The molecule has 3 N–H and O–H groups in total. The molecule has 1 aliphatic carbocycles. The molecule has 4 aromatic rings. The van der Waals surface area contributed by atoms with Crippen molar-refractivity contribution in [2.45, 2.75) is 65.3 Å². The van der Waals surface area contributed by atoms with Crippen LogP contribution in [0.2, 0.25) is 0 Å². The SMILES string of the molecule is CC[N+]1(c2ccc(OC)cc2)C=C(C)C(C(=O)O)=N1.COc1ccc(-n2cc(C)c(C(Nc3ccc(C(=O)N(C)CCC(=O)O)cc3)C3CCCCC3)n2)cc1. The molecular formula is C43H53N6O7+. The topological polar surface area (TPSA) is 156 Å². The number of carboxylic acids is 2. The smallest absolute Gasteiger partial charge is 0.360 e. The van der Waals surface area contributed by atoms with Crippen molar-refractivity contribution >= 4 is 34.9 Å². The Morgan fingerprint density at radius 2 is 1.52 bits per heavy atom. The van der Waals surface area contributed by atoms with Crippen molar-refractivity contribution < 1.29 is 34.1 Å². The molecule has 1 aliphatic heterocycles. The van der Waals surface area contributed by atoms with Crippen LogP contribution in [0.15, 0.2) is 95.9 Å². The third-order valence-electron chi connectivity index (χ3n) is 10.4. The Labute approximate surface area is 328 Å². The van der Waals surface area contributed by atoms with Crippen LogP contribution < -0.4 is 19.4 Å². The van der Waals surface area contributed by atoms with Crippen LogP contribution >= 0.6 is 0 Å². The largest absolute Gasteiger partial charge is 0.497 e. The fraction of sp³-hybridized carbons (Fsp3) is 0.372. The highest BCUT2D eigenvalue weighted by Gasteiger charge is 2.37. The molecule has 0 spiro atoms. The lowest BCUT2D eigenvalue weighted by Gasteiger charge is -2.31. The standard InChI is InChI=1S/C29H36N4O4.C14H16N2O3/c1-20-19-33(24-13-15-25(37-3)16-14-24)31-27(20)28(21-7-5-4-6-8-21)30-23-11-9-22(10-12-23)29(36)32(2)18-17-26(34)35;1-4-16(9-10(2)13(15-16)14(17)18)11-5-7-12(19-3)8-6-11/h9-16,19,21,28,30H,4-8,17-18H2,1-3H3,(H,34,35);5-9H,4H2,1-3H3/p+1. The first-order valence-electron chi connectivity index (χ1n) is 19.0. The zero-order valence-electron chi connectivity index (χ0n) is 33.1. The molecule has 13 nitrogen and oxygen atoms in total. The maximum absolute atomic E-state index is 12.7. The molecule has 1 aromatic heterocycles. The number of amides is 1. The lowest BCUT2D eigenvalue weighted by molar-refractivity contribution is -0.137. The molecular weight excluding hydrogens is 713 g/mol. The predicted octanol–water partition coefficient (Wildman–Crippen LogP) is 7.85. The number of carbonyl (C=O) groups excluding carboxylic acids is 1. The Bertz CT molecular complexity index is 2030. The van der Waals surface area contributed by atoms with E-state index in [4.69, 9.17) is 24.8 Å². The van der Waals surface area contributed by atoms with Gasteiger partial charge in [0, 0.05) is 48.7 Å². The average Bonchev–Trinajstić information content (AvgIpc) is 3.79. The molecule has 3 aromatic carbocycles. The van der Waals surface area contributed by atoms with Gasteiger partial charge in [-0.05, 0) is 106 Å². The number of hydrogen-bond acceptors (Lipinski definition) is 8. The molecule has 0 radical (unpaired) electrons. The first-order chi connectivity index (χ1) is 26.9. The fourth-order valence-corrected chi connectivity index (χ4v) is 7.20. The normalized spacial score (nSPS) is 17.1. The van der Waals surface area contributed by atoms with Gasteiger partial charge in [0.25, 0.3) is 5.91 Å². The minimum Gasteiger partial charge on any atom is -0.497 e. The molecule has 1 fully saturated rings. The third-order valence-corrected chi connectivity index (χ3v) is 10.4. The van der Waals surface area contributed by atoms with Crippen LogP contribution in [-0.2, 0) is 9.59 Å². The Kier molecular flexibility index (Phi) is 13.7. The molecule has 296 valence electrons. The molecule has 2 atom stereocenters. The summed E-state index contributed by atoms with van der Waals surface area (Å²) < 4.78 is 12.5. The second kappa shape index (κ2) is 18.6. The lowest BCUT2D eigenvalue weighted by Crippen LogP contribution is -2.36. The van der Waals surface area contributed by atoms with E-state index in [1.807, 2.05) is 78.5 Å². The molecule has 0 bridgehead atoms. The maximum Gasteiger partial charge on any atom is 0.360 e. The summed E-state index contributed by atoms with van der Waals surface area (Å²) in [6, 6.07) is 22.9. The van der Waals surface area contributed by atoms with E-state index in [-0.39, 0.29) is 35.2 Å². The molecule has 1 amide bonds. The summed E-state index contributed by atoms with van der Waals surface area (Å²) in [4.78, 5) is 36.1. The van der Waals surface area contributed by atoms with Gasteiger partial charge in [0.15, 0.2) is 5.69 Å². The van der Waals surface area contributed by atoms with Gasteiger partial charge in [-0.15, -0.1) is 4.59 Å². The van der Waals surface area contributed by atoms with Gasteiger partial charge in [-0.25, -0.2) is 9.48 Å². The average molecular weight is 766 g/mol. The number of nitrogens with one attached hydrogen (secondary N) is 1. The minimum absolute atomic E-state index is 0.0552. The second-order valence-corrected chi connectivity index (χ2v) is 14.2. The van der Waals surface area contributed by atoms with E-state index in [2.05, 4.69) is 23.5 Å². The van der Waals surface area contributed by atoms with Gasteiger partial charge in [0.2, 0.25) is 5.71 Å². The second-order valence-electron chi connectivity index (χ2n) is 14.2. The monoisotopic (exact) mass is 765 g/mol. The van der Waals surface area contributed by atoms with E-state index in [0.717, 1.165) is 52.7 Å². The van der Waals surface area contributed by atoms with Crippen molar-refractivity contribution in [2.75, 3.05) is 39.7 Å². The van der Waals surface area contributed by atoms with Crippen LogP contribution in [0.5, 0.6) is 11.5 Å². The van der Waals surface area contributed by atoms with Crippen molar-refractivity contribution in [3.05, 3.63) is 108 Å². The van der Waals surface area contributed by atoms with Gasteiger partial charge in [-0.3, -0.25) is 9.59 Å². The van der Waals surface area contributed by atoms with Crippen molar-refractivity contribution in [1.29, 1.82) is 0 Å². The number of methoxy groups -OCH3 is 2. The fourth-order valence-electron chi connectivity index (χ4n) is 7.20. The summed E-state index contributed by atoms with van der Waals surface area (Å²) in [6.45, 7) is 6.68. The molecule has 13 heteroatoms. The summed E-state index contributed by atoms with van der Waals surface area (Å²) in [7, 11) is 4.89. The van der Waals surface area contributed by atoms with Crippen molar-refractivity contribution in [2.24, 2.45) is 11.0 Å². The third kappa shape index (κ3) is 9.82. The summed E-state index contributed by atoms with van der Waals surface area (Å²) in [5.74, 6) is -0.0563. The van der Waals surface area contributed by atoms with Crippen LogP contribution in [0.3, 0.4) is 0 Å². The van der Waals surface area contributed by atoms with Gasteiger partial charge in [-0.1, -0.05) is 24.4 Å². The zero-order valence-corrected chi connectivity index (χ0v) is 33.1. The van der Waals surface area contributed by atoms with Crippen LogP contribution in [-0.4, -0.2) is 82.8 Å². The van der Waals surface area contributed by atoms with Crippen molar-refractivity contribution in [3.63, 3.8) is 0 Å². The van der Waals surface area contributed by atoms with Gasteiger partial charge >= 0.3 is 11.9 Å². The van der Waals surface area contributed by atoms with E-state index in [9.17, 15) is 14.4 Å². The van der Waals surface area contributed by atoms with Gasteiger partial charge < -0.3 is 29.9 Å². The molecule has 6 rings (SSSR count). The Hall–Kier alpha value is -5.95. The van der Waals surface area contributed by atoms with E-state index >= 15 is 0 Å². The Morgan fingerprint density at radius 1 is 0.911 bits per heavy atom. The number of carboxylic acid groups (broad SMARTS) is 2. The number of nitrogens with zero attached hydrogens (tertiary/aromatic N) is 5. The highest BCUT2D eigenvalue weighted by molar-refractivity contribution is 6.43. The van der Waals surface area contributed by atoms with E-state index < -0.39 is 11.9 Å². The van der Waals surface area contributed by atoms with E-state index in [1.165, 1.54) is 24.2 Å². The zero-order chi connectivity index (χ0) is 40.4. The lowest BCUT2D eigenvalue weighted by atomic mass is 9.82. The summed E-state index contributed by atoms with van der Waals surface area (Å²) >= 11 is 0. The van der Waals surface area contributed by atoms with Crippen LogP contribution in [0.25, 0.3) is 5.69 Å². The number of rotatable bonds is 14. The summed E-state index contributed by atoms with van der Waals surface area (Å²) in [5.41, 5.74) is 6.34. The molecule has 2 aliphatic rings. The molecule has 2 unspecified atom stereocenters. The number of hydrogen-bond donors (Lipinski definition) is 3. The minimum atomic E-state index is -0.990. The number of aromatic nitrogens is 2. The maximum atomic E-state index is 12.7. The summed E-state index contributed by atoms with van der Waals surface area (Å²) in [5, 5.41) is 31.1. The van der Waals surface area contributed by atoms with Crippen LogP contribution in [0.1, 0.15) is 80.0 Å². The molecule has 0 saturated heterocycles. The number of anilines is 1. The summed E-state index contributed by atoms with van der Waals surface area (Å²) in [6.07, 6.45) is 9.88. The van der Waals surface area contributed by atoms with Gasteiger partial charge in [-0.2, -0.15) is 5.10 Å². The first-order valence-corrected chi connectivity index (χ1v) is 19.0. The number of quaternary nitrogens is 1. The predicted molar refractivity (Wildman–Crippen MR) is 218 cm³/mol. The highest BCUT2D eigenvalue weighted by atomic mass is 16.5. The number of carbonyl (C=O) groups is 3. The molecule has 2 heterocycles. The Balaban J connectivity index is 0.000000265. The number of benzene rings is 3. The quantitative estimate of drug-likeness (QED) is 0.109. The van der Waals surface area contributed by atoms with Gasteiger partial charge in [0.1, 0.15) is 24.2 Å². The number of aryl methyl sites for hydroxylation is 1. The molecule has 1 saturated carbocycles. The van der Waals surface area contributed by atoms with E-state index in [0.29, 0.717) is 23.6 Å². The van der Waals surface area contributed by atoms with E-state index in [1.54, 1.807) is 40.3 Å². The van der Waals surface area contributed by atoms with Crippen LogP contribution in [0.4, 0.5) is 11.4 Å². The van der Waals surface area contributed by atoms with Gasteiger partial charge in [0.05, 0.1) is 38.1 Å². The first kappa shape index (κ1) is 41.2. The number of aliphatic carboxylic acids is 2. The van der Waals surface area contributed by atoms with Crippen molar-refractivity contribution in [3.8, 4) is 17.2 Å². The molecule has 56 heavy (non-hydrogen) atoms.